The van der Waals surface area contributed by atoms with E-state index in [0.29, 0.717) is 6.54 Å². The van der Waals surface area contributed by atoms with Crippen LogP contribution in [0.3, 0.4) is 0 Å². The SMILES string of the molecule is CN=C(NCc1nnc(C)n1C)N(C)Cc1ccc(N2CCCCC2)cc1.I. The molecule has 0 unspecified atom stereocenters. The summed E-state index contributed by atoms with van der Waals surface area (Å²) in [7, 11) is 5.83. The van der Waals surface area contributed by atoms with Crippen molar-refractivity contribution >= 4 is 35.6 Å². The van der Waals surface area contributed by atoms with Gasteiger partial charge in [0.1, 0.15) is 5.82 Å². The first-order valence-electron chi connectivity index (χ1n) is 9.69. The number of guanidine groups is 1. The van der Waals surface area contributed by atoms with E-state index in [0.717, 1.165) is 24.2 Å². The van der Waals surface area contributed by atoms with Gasteiger partial charge in [0.05, 0.1) is 6.54 Å². The van der Waals surface area contributed by atoms with Crippen LogP contribution < -0.4 is 10.2 Å². The monoisotopic (exact) mass is 497 g/mol. The number of anilines is 1. The second kappa shape index (κ2) is 10.6. The number of hydrogen-bond donors (Lipinski definition) is 1. The number of aliphatic imine (C=N–C) groups is 1. The Morgan fingerprint density at radius 3 is 2.39 bits per heavy atom. The Kier molecular flexibility index (Phi) is 8.53. The van der Waals surface area contributed by atoms with E-state index in [-0.39, 0.29) is 24.0 Å². The number of aryl methyl sites for hydroxylation is 1. The van der Waals surface area contributed by atoms with Crippen molar-refractivity contribution in [3.63, 3.8) is 0 Å². The van der Waals surface area contributed by atoms with Gasteiger partial charge in [-0.2, -0.15) is 0 Å². The summed E-state index contributed by atoms with van der Waals surface area (Å²) in [5.41, 5.74) is 2.61. The Bertz CT molecular complexity index is 763. The molecule has 0 radical (unpaired) electrons. The third-order valence-electron chi connectivity index (χ3n) is 5.24. The standard InChI is InChI=1S/C20H31N7.HI/c1-16-23-24-19(26(16)4)14-22-20(21-2)25(3)15-17-8-10-18(11-9-17)27-12-6-5-7-13-27;/h8-11H,5-7,12-15H2,1-4H3,(H,21,22);1H. The molecule has 2 aromatic rings. The molecule has 0 spiro atoms. The molecule has 154 valence electrons. The van der Waals surface area contributed by atoms with Gasteiger partial charge in [0.15, 0.2) is 11.8 Å². The minimum atomic E-state index is 0. The smallest absolute Gasteiger partial charge is 0.194 e. The largest absolute Gasteiger partial charge is 0.372 e. The molecule has 3 rings (SSSR count). The van der Waals surface area contributed by atoms with Crippen LogP contribution in [0.25, 0.3) is 0 Å². The molecule has 1 saturated heterocycles. The average Bonchev–Trinajstić information content (AvgIpc) is 3.02. The van der Waals surface area contributed by atoms with Gasteiger partial charge >= 0.3 is 0 Å². The highest BCUT2D eigenvalue weighted by Gasteiger charge is 2.12. The number of piperidine rings is 1. The molecule has 28 heavy (non-hydrogen) atoms. The zero-order valence-electron chi connectivity index (χ0n) is 17.4. The molecule has 2 heterocycles. The van der Waals surface area contributed by atoms with Gasteiger partial charge in [-0.05, 0) is 43.9 Å². The maximum absolute atomic E-state index is 4.39. The molecular weight excluding hydrogens is 465 g/mol. The van der Waals surface area contributed by atoms with Crippen LogP contribution in [-0.2, 0) is 20.1 Å². The van der Waals surface area contributed by atoms with Gasteiger partial charge in [-0.25, -0.2) is 0 Å². The van der Waals surface area contributed by atoms with Crippen LogP contribution in [0.1, 0.15) is 36.5 Å². The van der Waals surface area contributed by atoms with Gasteiger partial charge < -0.3 is 19.7 Å². The van der Waals surface area contributed by atoms with Gasteiger partial charge in [-0.3, -0.25) is 4.99 Å². The van der Waals surface area contributed by atoms with E-state index in [1.165, 1.54) is 43.6 Å². The second-order valence-corrected chi connectivity index (χ2v) is 7.19. The van der Waals surface area contributed by atoms with Crippen LogP contribution in [-0.4, -0.2) is 52.8 Å². The van der Waals surface area contributed by atoms with Gasteiger partial charge in [-0.1, -0.05) is 12.1 Å². The summed E-state index contributed by atoms with van der Waals surface area (Å²) in [6.07, 6.45) is 3.97. The van der Waals surface area contributed by atoms with Gasteiger partial charge in [0.25, 0.3) is 0 Å². The van der Waals surface area contributed by atoms with E-state index in [1.54, 1.807) is 7.05 Å². The van der Waals surface area contributed by atoms with Crippen LogP contribution in [0.4, 0.5) is 5.69 Å². The summed E-state index contributed by atoms with van der Waals surface area (Å²) >= 11 is 0. The summed E-state index contributed by atoms with van der Waals surface area (Å²) < 4.78 is 1.99. The number of nitrogens with zero attached hydrogens (tertiary/aromatic N) is 6. The molecule has 0 bridgehead atoms. The van der Waals surface area contributed by atoms with Crippen molar-refractivity contribution in [2.24, 2.45) is 12.0 Å². The number of nitrogens with one attached hydrogen (secondary N) is 1. The maximum atomic E-state index is 4.39. The molecule has 1 N–H and O–H groups in total. The Hall–Kier alpha value is -1.84. The Morgan fingerprint density at radius 2 is 1.82 bits per heavy atom. The Labute approximate surface area is 185 Å². The van der Waals surface area contributed by atoms with Crippen molar-refractivity contribution in [3.05, 3.63) is 41.5 Å². The topological polar surface area (TPSA) is 61.6 Å². The number of aromatic nitrogens is 3. The summed E-state index contributed by atoms with van der Waals surface area (Å²) in [4.78, 5) is 9.00. The number of hydrogen-bond acceptors (Lipinski definition) is 4. The highest BCUT2D eigenvalue weighted by molar-refractivity contribution is 14.0. The lowest BCUT2D eigenvalue weighted by Gasteiger charge is -2.29. The third-order valence-corrected chi connectivity index (χ3v) is 5.24. The molecule has 8 heteroatoms. The molecule has 1 aliphatic rings. The fraction of sp³-hybridized carbons (Fsp3) is 0.550. The predicted octanol–water partition coefficient (Wildman–Crippen LogP) is 2.94. The van der Waals surface area contributed by atoms with E-state index in [9.17, 15) is 0 Å². The van der Waals surface area contributed by atoms with Gasteiger partial charge in [0.2, 0.25) is 0 Å². The summed E-state index contributed by atoms with van der Waals surface area (Å²) in [5, 5.41) is 11.7. The Morgan fingerprint density at radius 1 is 1.14 bits per heavy atom. The predicted molar refractivity (Wildman–Crippen MR) is 125 cm³/mol. The van der Waals surface area contributed by atoms with Gasteiger partial charge in [-0.15, -0.1) is 34.2 Å². The first-order valence-corrected chi connectivity index (χ1v) is 9.69. The Balaban J connectivity index is 0.00000280. The van der Waals surface area contributed by atoms with Crippen molar-refractivity contribution in [1.82, 2.24) is 25.0 Å². The number of benzene rings is 1. The quantitative estimate of drug-likeness (QED) is 0.391. The third kappa shape index (κ3) is 5.59. The zero-order valence-corrected chi connectivity index (χ0v) is 19.7. The fourth-order valence-electron chi connectivity index (χ4n) is 3.46. The van der Waals surface area contributed by atoms with Crippen LogP contribution in [0.5, 0.6) is 0 Å². The number of rotatable bonds is 5. The van der Waals surface area contributed by atoms with Crippen molar-refractivity contribution in [3.8, 4) is 0 Å². The summed E-state index contributed by atoms with van der Waals surface area (Å²) in [5.74, 6) is 2.65. The molecule has 1 aromatic carbocycles. The highest BCUT2D eigenvalue weighted by atomic mass is 127. The second-order valence-electron chi connectivity index (χ2n) is 7.19. The van der Waals surface area contributed by atoms with E-state index in [4.69, 9.17) is 0 Å². The molecule has 1 fully saturated rings. The van der Waals surface area contributed by atoms with E-state index >= 15 is 0 Å². The molecule has 1 aromatic heterocycles. The molecule has 1 aliphatic heterocycles. The number of halogens is 1. The average molecular weight is 497 g/mol. The van der Waals surface area contributed by atoms with Crippen molar-refractivity contribution in [2.75, 3.05) is 32.1 Å². The lowest BCUT2D eigenvalue weighted by Crippen LogP contribution is -2.38. The highest BCUT2D eigenvalue weighted by Crippen LogP contribution is 2.20. The molecule has 0 saturated carbocycles. The minimum Gasteiger partial charge on any atom is -0.372 e. The summed E-state index contributed by atoms with van der Waals surface area (Å²) in [6, 6.07) is 8.93. The van der Waals surface area contributed by atoms with Crippen LogP contribution in [0.15, 0.2) is 29.3 Å². The molecule has 0 atom stereocenters. The lowest BCUT2D eigenvalue weighted by molar-refractivity contribution is 0.474. The van der Waals surface area contributed by atoms with E-state index in [2.05, 4.69) is 61.6 Å². The van der Waals surface area contributed by atoms with Crippen molar-refractivity contribution < 1.29 is 0 Å². The van der Waals surface area contributed by atoms with Crippen LogP contribution >= 0.6 is 24.0 Å². The summed E-state index contributed by atoms with van der Waals surface area (Å²) in [6.45, 7) is 5.71. The molecule has 0 aliphatic carbocycles. The van der Waals surface area contributed by atoms with Crippen LogP contribution in [0, 0.1) is 6.92 Å². The van der Waals surface area contributed by atoms with Crippen LogP contribution in [0.2, 0.25) is 0 Å². The van der Waals surface area contributed by atoms with Gasteiger partial charge in [0, 0.05) is 46.5 Å². The maximum Gasteiger partial charge on any atom is 0.194 e. The fourth-order valence-corrected chi connectivity index (χ4v) is 3.46. The van der Waals surface area contributed by atoms with Crippen molar-refractivity contribution in [1.29, 1.82) is 0 Å². The lowest BCUT2D eigenvalue weighted by atomic mass is 10.1. The normalized spacial score (nSPS) is 14.6. The molecular formula is C20H32IN7. The zero-order chi connectivity index (χ0) is 19.2. The van der Waals surface area contributed by atoms with E-state index in [1.807, 2.05) is 18.5 Å². The molecule has 0 amide bonds. The first kappa shape index (κ1) is 22.4. The van der Waals surface area contributed by atoms with Crippen molar-refractivity contribution in [2.45, 2.75) is 39.3 Å². The first-order chi connectivity index (χ1) is 13.1. The molecule has 7 nitrogen and oxygen atoms in total. The van der Waals surface area contributed by atoms with E-state index < -0.39 is 0 Å². The minimum absolute atomic E-state index is 0.